The van der Waals surface area contributed by atoms with E-state index in [0.29, 0.717) is 16.5 Å². The van der Waals surface area contributed by atoms with Gasteiger partial charge in [0.1, 0.15) is 0 Å². The number of hydrogen-bond donors (Lipinski definition) is 0. The number of likely N-dealkylation sites (tertiary alicyclic amines) is 1. The van der Waals surface area contributed by atoms with E-state index in [9.17, 15) is 4.79 Å². The average Bonchev–Trinajstić information content (AvgIpc) is 2.96. The lowest BCUT2D eigenvalue weighted by atomic mass is 10.0. The lowest BCUT2D eigenvalue weighted by Gasteiger charge is -2.29. The lowest BCUT2D eigenvalue weighted by molar-refractivity contribution is 0.0643. The molecule has 5 nitrogen and oxygen atoms in total. The predicted octanol–water partition coefficient (Wildman–Crippen LogP) is 3.26. The van der Waals surface area contributed by atoms with Gasteiger partial charge in [0, 0.05) is 13.1 Å². The second kappa shape index (κ2) is 5.85. The summed E-state index contributed by atoms with van der Waals surface area (Å²) in [5.41, 5.74) is 0.637. The first-order chi connectivity index (χ1) is 10.1. The Balaban J connectivity index is 1.82. The minimum atomic E-state index is -0.202. The highest BCUT2D eigenvalue weighted by atomic mass is 35.5. The van der Waals surface area contributed by atoms with E-state index in [4.69, 9.17) is 16.0 Å². The molecule has 1 fully saturated rings. The summed E-state index contributed by atoms with van der Waals surface area (Å²) in [6.07, 6.45) is 2.16. The molecule has 0 N–H and O–H groups in total. The van der Waals surface area contributed by atoms with E-state index < -0.39 is 0 Å². The van der Waals surface area contributed by atoms with Crippen LogP contribution in [0, 0.1) is 5.92 Å². The van der Waals surface area contributed by atoms with Crippen LogP contribution in [0.5, 0.6) is 0 Å². The van der Waals surface area contributed by atoms with E-state index in [1.54, 1.807) is 17.0 Å². The molecule has 0 spiro atoms. The van der Waals surface area contributed by atoms with E-state index in [-0.39, 0.29) is 17.7 Å². The van der Waals surface area contributed by atoms with Crippen LogP contribution in [0.4, 0.5) is 0 Å². The van der Waals surface area contributed by atoms with E-state index >= 15 is 0 Å². The summed E-state index contributed by atoms with van der Waals surface area (Å²) in [6, 6.07) is 7.19. The molecule has 1 unspecified atom stereocenters. The molecule has 1 aliphatic rings. The van der Waals surface area contributed by atoms with Crippen molar-refractivity contribution in [2.75, 3.05) is 13.1 Å². The van der Waals surface area contributed by atoms with Crippen molar-refractivity contribution in [2.24, 2.45) is 5.92 Å². The number of aromatic nitrogens is 2. The smallest absolute Gasteiger partial charge is 0.311 e. The lowest BCUT2D eigenvalue weighted by Crippen LogP contribution is -2.39. The molecule has 0 radical (unpaired) electrons. The molecule has 110 valence electrons. The third-order valence-corrected chi connectivity index (χ3v) is 3.99. The number of carbonyl (C=O) groups is 1. The van der Waals surface area contributed by atoms with Crippen LogP contribution in [0.1, 0.15) is 30.5 Å². The van der Waals surface area contributed by atoms with Gasteiger partial charge in [0.05, 0.1) is 10.6 Å². The van der Waals surface area contributed by atoms with Gasteiger partial charge in [-0.1, -0.05) is 30.7 Å². The number of carbonyl (C=O) groups excluding carboxylic acids is 1. The molecule has 1 saturated heterocycles. The van der Waals surface area contributed by atoms with Crippen LogP contribution in [0.3, 0.4) is 0 Å². The van der Waals surface area contributed by atoms with Gasteiger partial charge in [-0.25, -0.2) is 0 Å². The highest BCUT2D eigenvalue weighted by Crippen LogP contribution is 2.26. The predicted molar refractivity (Wildman–Crippen MR) is 79.0 cm³/mol. The van der Waals surface area contributed by atoms with E-state index in [1.807, 2.05) is 12.1 Å². The van der Waals surface area contributed by atoms with Gasteiger partial charge in [-0.3, -0.25) is 4.79 Å². The number of amides is 1. The maximum Gasteiger partial charge on any atom is 0.311 e. The maximum absolute atomic E-state index is 12.4. The van der Waals surface area contributed by atoms with Gasteiger partial charge >= 0.3 is 11.8 Å². The molecule has 0 bridgehead atoms. The SMILES string of the molecule is CC1CCCN(C(=O)c2nnc(-c3ccccc3Cl)o2)C1. The minimum absolute atomic E-state index is 0.0269. The van der Waals surface area contributed by atoms with Crippen molar-refractivity contribution in [1.82, 2.24) is 15.1 Å². The van der Waals surface area contributed by atoms with Crippen molar-refractivity contribution in [3.8, 4) is 11.5 Å². The van der Waals surface area contributed by atoms with Crippen LogP contribution in [0.2, 0.25) is 5.02 Å². The summed E-state index contributed by atoms with van der Waals surface area (Å²) in [7, 11) is 0. The third-order valence-electron chi connectivity index (χ3n) is 3.66. The van der Waals surface area contributed by atoms with Crippen molar-refractivity contribution < 1.29 is 9.21 Å². The molecule has 1 aromatic carbocycles. The third kappa shape index (κ3) is 2.93. The van der Waals surface area contributed by atoms with Crippen molar-refractivity contribution >= 4 is 17.5 Å². The second-order valence-corrected chi connectivity index (χ2v) is 5.80. The van der Waals surface area contributed by atoms with Gasteiger partial charge in [-0.15, -0.1) is 10.2 Å². The zero-order valence-corrected chi connectivity index (χ0v) is 12.5. The first kappa shape index (κ1) is 14.1. The molecule has 1 amide bonds. The molecule has 0 aliphatic carbocycles. The molecule has 21 heavy (non-hydrogen) atoms. The molecule has 2 aromatic rings. The first-order valence-corrected chi connectivity index (χ1v) is 7.40. The number of hydrogen-bond acceptors (Lipinski definition) is 4. The standard InChI is InChI=1S/C15H16ClN3O2/c1-10-5-4-8-19(9-10)15(20)14-18-17-13(21-14)11-6-2-3-7-12(11)16/h2-3,6-7,10H,4-5,8-9H2,1H3. The Bertz CT molecular complexity index is 656. The molecular weight excluding hydrogens is 290 g/mol. The van der Waals surface area contributed by atoms with Crippen LogP contribution >= 0.6 is 11.6 Å². The van der Waals surface area contributed by atoms with E-state index in [0.717, 1.165) is 25.9 Å². The molecule has 6 heteroatoms. The quantitative estimate of drug-likeness (QED) is 0.854. The monoisotopic (exact) mass is 305 g/mol. The zero-order valence-electron chi connectivity index (χ0n) is 11.8. The summed E-state index contributed by atoms with van der Waals surface area (Å²) in [5.74, 6) is 0.606. The molecule has 2 heterocycles. The first-order valence-electron chi connectivity index (χ1n) is 7.03. The van der Waals surface area contributed by atoms with Crippen LogP contribution in [0.25, 0.3) is 11.5 Å². The Hall–Kier alpha value is -1.88. The fraction of sp³-hybridized carbons (Fsp3) is 0.400. The van der Waals surface area contributed by atoms with Crippen molar-refractivity contribution in [3.63, 3.8) is 0 Å². The topological polar surface area (TPSA) is 59.2 Å². The molecule has 1 aromatic heterocycles. The Kier molecular flexibility index (Phi) is 3.92. The zero-order chi connectivity index (χ0) is 14.8. The number of halogens is 1. The Morgan fingerprint density at radius 2 is 2.19 bits per heavy atom. The van der Waals surface area contributed by atoms with Gasteiger partial charge in [-0.2, -0.15) is 0 Å². The molecule has 1 aliphatic heterocycles. The highest BCUT2D eigenvalue weighted by Gasteiger charge is 2.26. The normalized spacial score (nSPS) is 18.8. The number of nitrogens with zero attached hydrogens (tertiary/aromatic N) is 3. The Labute approximate surface area is 127 Å². The van der Waals surface area contributed by atoms with E-state index in [2.05, 4.69) is 17.1 Å². The van der Waals surface area contributed by atoms with Crippen LogP contribution in [-0.4, -0.2) is 34.1 Å². The molecule has 1 atom stereocenters. The summed E-state index contributed by atoms with van der Waals surface area (Å²) in [6.45, 7) is 3.62. The number of benzene rings is 1. The van der Waals surface area contributed by atoms with E-state index in [1.165, 1.54) is 0 Å². The van der Waals surface area contributed by atoms with Crippen molar-refractivity contribution in [2.45, 2.75) is 19.8 Å². The van der Waals surface area contributed by atoms with Crippen molar-refractivity contribution in [1.29, 1.82) is 0 Å². The molecule has 3 rings (SSSR count). The Morgan fingerprint density at radius 3 is 2.95 bits per heavy atom. The van der Waals surface area contributed by atoms with Crippen molar-refractivity contribution in [3.05, 3.63) is 35.2 Å². The summed E-state index contributed by atoms with van der Waals surface area (Å²) < 4.78 is 5.50. The fourth-order valence-corrected chi connectivity index (χ4v) is 2.78. The van der Waals surface area contributed by atoms with Gasteiger partial charge in [0.2, 0.25) is 5.89 Å². The number of rotatable bonds is 2. The van der Waals surface area contributed by atoms with Gasteiger partial charge < -0.3 is 9.32 Å². The Morgan fingerprint density at radius 1 is 1.38 bits per heavy atom. The van der Waals surface area contributed by atoms with Crippen LogP contribution in [0.15, 0.2) is 28.7 Å². The average molecular weight is 306 g/mol. The van der Waals surface area contributed by atoms with Gasteiger partial charge in [0.15, 0.2) is 0 Å². The van der Waals surface area contributed by atoms with Gasteiger partial charge in [-0.05, 0) is 30.9 Å². The van der Waals surface area contributed by atoms with Gasteiger partial charge in [0.25, 0.3) is 0 Å². The van der Waals surface area contributed by atoms with Crippen LogP contribution in [-0.2, 0) is 0 Å². The fourth-order valence-electron chi connectivity index (χ4n) is 2.56. The van der Waals surface area contributed by atoms with Crippen LogP contribution < -0.4 is 0 Å². The second-order valence-electron chi connectivity index (χ2n) is 5.39. The summed E-state index contributed by atoms with van der Waals surface area (Å²) in [4.78, 5) is 14.1. The minimum Gasteiger partial charge on any atom is -0.412 e. The number of piperidine rings is 1. The largest absolute Gasteiger partial charge is 0.412 e. The summed E-state index contributed by atoms with van der Waals surface area (Å²) >= 11 is 6.09. The summed E-state index contributed by atoms with van der Waals surface area (Å²) in [5, 5.41) is 8.32. The maximum atomic E-state index is 12.4. The highest BCUT2D eigenvalue weighted by molar-refractivity contribution is 6.33. The molecule has 0 saturated carbocycles. The molecular formula is C15H16ClN3O2.